The number of urea groups is 1. The van der Waals surface area contributed by atoms with Gasteiger partial charge in [-0.2, -0.15) is 0 Å². The highest BCUT2D eigenvalue weighted by Gasteiger charge is 2.11. The van der Waals surface area contributed by atoms with Gasteiger partial charge in [-0.3, -0.25) is 0 Å². The second kappa shape index (κ2) is 7.63. The van der Waals surface area contributed by atoms with E-state index >= 15 is 0 Å². The zero-order valence-electron chi connectivity index (χ0n) is 11.8. The molecule has 0 radical (unpaired) electrons. The van der Waals surface area contributed by atoms with Crippen LogP contribution >= 0.6 is 0 Å². The summed E-state index contributed by atoms with van der Waals surface area (Å²) in [5.41, 5.74) is 1.32. The summed E-state index contributed by atoms with van der Waals surface area (Å²) in [4.78, 5) is 13.6. The fourth-order valence-corrected chi connectivity index (χ4v) is 1.79. The SMILES string of the molecule is CCOc1ccc(NC(=O)N(CC)CC)cc1CO. The van der Waals surface area contributed by atoms with Crippen molar-refractivity contribution >= 4 is 11.7 Å². The number of nitrogens with zero attached hydrogens (tertiary/aromatic N) is 1. The van der Waals surface area contributed by atoms with Gasteiger partial charge >= 0.3 is 6.03 Å². The van der Waals surface area contributed by atoms with Crippen LogP contribution in [0.5, 0.6) is 5.75 Å². The van der Waals surface area contributed by atoms with Crippen LogP contribution in [0.4, 0.5) is 10.5 Å². The van der Waals surface area contributed by atoms with E-state index in [4.69, 9.17) is 4.74 Å². The van der Waals surface area contributed by atoms with Gasteiger partial charge in [0.15, 0.2) is 0 Å². The molecule has 19 heavy (non-hydrogen) atoms. The van der Waals surface area contributed by atoms with Crippen LogP contribution in [0, 0.1) is 0 Å². The van der Waals surface area contributed by atoms with Crippen LogP contribution in [0.25, 0.3) is 0 Å². The van der Waals surface area contributed by atoms with Crippen molar-refractivity contribution in [3.05, 3.63) is 23.8 Å². The molecule has 0 aromatic heterocycles. The Balaban J connectivity index is 2.82. The van der Waals surface area contributed by atoms with Crippen LogP contribution < -0.4 is 10.1 Å². The number of benzene rings is 1. The van der Waals surface area contributed by atoms with Crippen LogP contribution in [-0.2, 0) is 6.61 Å². The van der Waals surface area contributed by atoms with Crippen molar-refractivity contribution in [2.24, 2.45) is 0 Å². The molecular weight excluding hydrogens is 244 g/mol. The fourth-order valence-electron chi connectivity index (χ4n) is 1.79. The van der Waals surface area contributed by atoms with Gasteiger partial charge in [-0.25, -0.2) is 4.79 Å². The van der Waals surface area contributed by atoms with Crippen LogP contribution in [0.1, 0.15) is 26.3 Å². The highest BCUT2D eigenvalue weighted by molar-refractivity contribution is 5.89. The third kappa shape index (κ3) is 4.13. The Hall–Kier alpha value is -1.75. The van der Waals surface area contributed by atoms with Gasteiger partial charge in [0, 0.05) is 24.3 Å². The molecule has 0 saturated heterocycles. The maximum Gasteiger partial charge on any atom is 0.321 e. The first-order valence-electron chi connectivity index (χ1n) is 6.58. The maximum atomic E-state index is 11.9. The topological polar surface area (TPSA) is 61.8 Å². The molecule has 0 heterocycles. The number of hydrogen-bond acceptors (Lipinski definition) is 3. The number of hydrogen-bond donors (Lipinski definition) is 2. The first kappa shape index (κ1) is 15.3. The molecule has 0 saturated carbocycles. The Bertz CT molecular complexity index is 417. The van der Waals surface area contributed by atoms with Crippen molar-refractivity contribution in [3.63, 3.8) is 0 Å². The average molecular weight is 266 g/mol. The number of rotatable bonds is 6. The van der Waals surface area contributed by atoms with Gasteiger partial charge in [-0.05, 0) is 39.0 Å². The third-order valence-corrected chi connectivity index (χ3v) is 2.83. The number of carbonyl (C=O) groups excluding carboxylic acids is 1. The molecule has 1 rings (SSSR count). The zero-order chi connectivity index (χ0) is 14.3. The summed E-state index contributed by atoms with van der Waals surface area (Å²) in [7, 11) is 0. The molecule has 2 amide bonds. The molecule has 0 aliphatic heterocycles. The summed E-state index contributed by atoms with van der Waals surface area (Å²) in [6.07, 6.45) is 0. The lowest BCUT2D eigenvalue weighted by Gasteiger charge is -2.19. The van der Waals surface area contributed by atoms with Crippen molar-refractivity contribution in [3.8, 4) is 5.75 Å². The van der Waals surface area contributed by atoms with Crippen LogP contribution in [-0.4, -0.2) is 35.7 Å². The normalized spacial score (nSPS) is 10.1. The van der Waals surface area contributed by atoms with Gasteiger partial charge in [0.1, 0.15) is 5.75 Å². The van der Waals surface area contributed by atoms with E-state index < -0.39 is 0 Å². The summed E-state index contributed by atoms with van der Waals surface area (Å²) in [6.45, 7) is 7.49. The molecule has 1 aromatic rings. The van der Waals surface area contributed by atoms with Gasteiger partial charge in [0.25, 0.3) is 0 Å². The highest BCUT2D eigenvalue weighted by atomic mass is 16.5. The molecule has 5 nitrogen and oxygen atoms in total. The zero-order valence-corrected chi connectivity index (χ0v) is 11.8. The lowest BCUT2D eigenvalue weighted by Crippen LogP contribution is -2.34. The van der Waals surface area contributed by atoms with E-state index in [1.807, 2.05) is 20.8 Å². The Labute approximate surface area is 114 Å². The number of aliphatic hydroxyl groups excluding tert-OH is 1. The molecule has 0 spiro atoms. The lowest BCUT2D eigenvalue weighted by atomic mass is 10.2. The second-order valence-corrected chi connectivity index (χ2v) is 4.02. The first-order valence-corrected chi connectivity index (χ1v) is 6.58. The molecule has 0 bridgehead atoms. The van der Waals surface area contributed by atoms with E-state index in [0.29, 0.717) is 36.7 Å². The molecule has 0 unspecified atom stereocenters. The quantitative estimate of drug-likeness (QED) is 0.831. The molecule has 0 fully saturated rings. The Morgan fingerprint density at radius 2 is 2.00 bits per heavy atom. The van der Waals surface area contributed by atoms with Gasteiger partial charge < -0.3 is 20.1 Å². The highest BCUT2D eigenvalue weighted by Crippen LogP contribution is 2.23. The fraction of sp³-hybridized carbons (Fsp3) is 0.500. The lowest BCUT2D eigenvalue weighted by molar-refractivity contribution is 0.217. The average Bonchev–Trinajstić information content (AvgIpc) is 2.42. The Morgan fingerprint density at radius 3 is 2.53 bits per heavy atom. The largest absolute Gasteiger partial charge is 0.494 e. The Morgan fingerprint density at radius 1 is 1.32 bits per heavy atom. The van der Waals surface area contributed by atoms with Crippen molar-refractivity contribution in [2.75, 3.05) is 25.0 Å². The second-order valence-electron chi connectivity index (χ2n) is 4.02. The minimum Gasteiger partial charge on any atom is -0.494 e. The number of aliphatic hydroxyl groups is 1. The number of carbonyl (C=O) groups is 1. The summed E-state index contributed by atoms with van der Waals surface area (Å²) in [5, 5.41) is 12.1. The molecule has 0 atom stereocenters. The van der Waals surface area contributed by atoms with Crippen LogP contribution in [0.3, 0.4) is 0 Å². The standard InChI is InChI=1S/C14H22N2O3/c1-4-16(5-2)14(18)15-12-7-8-13(19-6-3)11(9-12)10-17/h7-9,17H,4-6,10H2,1-3H3,(H,15,18). The van der Waals surface area contributed by atoms with E-state index in [-0.39, 0.29) is 12.6 Å². The molecule has 5 heteroatoms. The van der Waals surface area contributed by atoms with E-state index in [1.54, 1.807) is 23.1 Å². The molecule has 1 aromatic carbocycles. The number of anilines is 1. The number of ether oxygens (including phenoxy) is 1. The minimum absolute atomic E-state index is 0.121. The third-order valence-electron chi connectivity index (χ3n) is 2.83. The van der Waals surface area contributed by atoms with Crippen molar-refractivity contribution < 1.29 is 14.6 Å². The first-order chi connectivity index (χ1) is 9.15. The molecule has 0 aliphatic carbocycles. The minimum atomic E-state index is -0.141. The molecule has 0 aliphatic rings. The predicted molar refractivity (Wildman–Crippen MR) is 75.5 cm³/mol. The van der Waals surface area contributed by atoms with Crippen LogP contribution in [0.2, 0.25) is 0 Å². The van der Waals surface area contributed by atoms with Gasteiger partial charge in [-0.15, -0.1) is 0 Å². The Kier molecular flexibility index (Phi) is 6.15. The van der Waals surface area contributed by atoms with Gasteiger partial charge in [0.2, 0.25) is 0 Å². The van der Waals surface area contributed by atoms with Crippen molar-refractivity contribution in [1.82, 2.24) is 4.90 Å². The summed E-state index contributed by atoms with van der Waals surface area (Å²) in [6, 6.07) is 5.11. The van der Waals surface area contributed by atoms with Crippen molar-refractivity contribution in [2.45, 2.75) is 27.4 Å². The monoisotopic (exact) mass is 266 g/mol. The van der Waals surface area contributed by atoms with E-state index in [0.717, 1.165) is 0 Å². The molecule has 2 N–H and O–H groups in total. The van der Waals surface area contributed by atoms with E-state index in [1.165, 1.54) is 0 Å². The summed E-state index contributed by atoms with van der Waals surface area (Å²) >= 11 is 0. The van der Waals surface area contributed by atoms with E-state index in [2.05, 4.69) is 5.32 Å². The summed E-state index contributed by atoms with van der Waals surface area (Å²) < 4.78 is 5.39. The van der Waals surface area contributed by atoms with Crippen molar-refractivity contribution in [1.29, 1.82) is 0 Å². The summed E-state index contributed by atoms with van der Waals surface area (Å²) in [5.74, 6) is 0.644. The van der Waals surface area contributed by atoms with E-state index in [9.17, 15) is 9.90 Å². The van der Waals surface area contributed by atoms with Gasteiger partial charge in [0.05, 0.1) is 13.2 Å². The smallest absolute Gasteiger partial charge is 0.321 e. The molecule has 106 valence electrons. The van der Waals surface area contributed by atoms with Crippen LogP contribution in [0.15, 0.2) is 18.2 Å². The molecular formula is C14H22N2O3. The predicted octanol–water partition coefficient (Wildman–Crippen LogP) is 2.45. The van der Waals surface area contributed by atoms with Gasteiger partial charge in [-0.1, -0.05) is 0 Å². The number of amides is 2. The maximum absolute atomic E-state index is 11.9. The number of nitrogens with one attached hydrogen (secondary N) is 1.